The van der Waals surface area contributed by atoms with Crippen molar-refractivity contribution in [2.75, 3.05) is 27.4 Å². The number of aromatic nitrogens is 3. The number of aromatic amines is 1. The molecule has 14 nitrogen and oxygen atoms in total. The molecule has 1 saturated heterocycles. The van der Waals surface area contributed by atoms with E-state index in [0.717, 1.165) is 44.1 Å². The number of methoxy groups -OCH3 is 2. The molecule has 1 aliphatic carbocycles. The molecule has 0 bridgehead atoms. The normalized spacial score (nSPS) is 17.6. The van der Waals surface area contributed by atoms with Crippen LogP contribution in [0.2, 0.25) is 0 Å². The molecular formula is C36H45N5O9. The molecule has 50 heavy (non-hydrogen) atoms. The molecule has 2 heterocycles. The molecule has 2 aromatic carbocycles. The Morgan fingerprint density at radius 3 is 2.48 bits per heavy atom. The molecular weight excluding hydrogens is 646 g/mol. The Kier molecular flexibility index (Phi) is 12.6. The number of hydrogen-bond acceptors (Lipinski definition) is 10. The number of ether oxygens (including phenoxy) is 4. The summed E-state index contributed by atoms with van der Waals surface area (Å²) in [6.45, 7) is -0.164. The lowest BCUT2D eigenvalue weighted by Crippen LogP contribution is -2.58. The Balaban J connectivity index is 1.38. The summed E-state index contributed by atoms with van der Waals surface area (Å²) in [4.78, 5) is 58.2. The smallest absolute Gasteiger partial charge is 0.341 e. The van der Waals surface area contributed by atoms with E-state index < -0.39 is 42.6 Å². The third kappa shape index (κ3) is 9.30. The quantitative estimate of drug-likeness (QED) is 0.194. The number of carboxylic acid groups (broad SMARTS) is 1. The van der Waals surface area contributed by atoms with Crippen molar-refractivity contribution in [1.29, 1.82) is 0 Å². The summed E-state index contributed by atoms with van der Waals surface area (Å²) in [6.07, 6.45) is 7.79. The molecule has 0 spiro atoms. The number of amides is 2. The highest BCUT2D eigenvalue weighted by molar-refractivity contribution is 5.96. The number of H-pyrrole nitrogens is 1. The van der Waals surface area contributed by atoms with Crippen LogP contribution < -0.4 is 19.5 Å². The first-order chi connectivity index (χ1) is 24.3. The van der Waals surface area contributed by atoms with E-state index >= 15 is 0 Å². The Morgan fingerprint density at radius 1 is 0.980 bits per heavy atom. The van der Waals surface area contributed by atoms with Gasteiger partial charge in [-0.15, -0.1) is 0 Å². The third-order valence-electron chi connectivity index (χ3n) is 9.36. The second-order valence-corrected chi connectivity index (χ2v) is 12.6. The van der Waals surface area contributed by atoms with Gasteiger partial charge in [-0.3, -0.25) is 14.7 Å². The minimum absolute atomic E-state index is 0.0140. The van der Waals surface area contributed by atoms with Crippen molar-refractivity contribution in [3.8, 4) is 17.2 Å². The molecule has 3 unspecified atom stereocenters. The standard InChI is InChI=1S/C36H45N5O9/c1-47-29-17-15-23(19-30(29)48-2)14-16-28(25-11-8-12-26(20-25)49-21-31(42)43)50-36(46)27-13-6-7-18-41(27)35(45)32(24-9-4-3-5-10-24)39-34(44)33-37-22-38-40-33/h8,11-12,15,17,19-20,22,24,27-28,32H,3-7,9-10,13-14,16,18,21H2,1-2H3,(H,39,44)(H,42,43)(H,37,38,40). The van der Waals surface area contributed by atoms with Gasteiger partial charge in [0.2, 0.25) is 11.7 Å². The average Bonchev–Trinajstić information content (AvgIpc) is 3.70. The fourth-order valence-electron chi connectivity index (χ4n) is 6.79. The summed E-state index contributed by atoms with van der Waals surface area (Å²) in [7, 11) is 3.12. The first kappa shape index (κ1) is 36.1. The van der Waals surface area contributed by atoms with E-state index in [9.17, 15) is 19.2 Å². The molecule has 1 aromatic heterocycles. The molecule has 0 radical (unpaired) electrons. The van der Waals surface area contributed by atoms with Gasteiger partial charge < -0.3 is 34.3 Å². The Labute approximate surface area is 290 Å². The fourth-order valence-corrected chi connectivity index (χ4v) is 6.79. The van der Waals surface area contributed by atoms with Crippen molar-refractivity contribution in [2.45, 2.75) is 82.4 Å². The van der Waals surface area contributed by atoms with Gasteiger partial charge in [0.1, 0.15) is 30.3 Å². The monoisotopic (exact) mass is 691 g/mol. The lowest BCUT2D eigenvalue weighted by atomic mass is 9.82. The number of nitrogens with one attached hydrogen (secondary N) is 2. The zero-order valence-electron chi connectivity index (χ0n) is 28.5. The minimum atomic E-state index is -1.11. The zero-order chi connectivity index (χ0) is 35.5. The largest absolute Gasteiger partial charge is 0.493 e. The van der Waals surface area contributed by atoms with Crippen LogP contribution in [0.1, 0.15) is 85.6 Å². The summed E-state index contributed by atoms with van der Waals surface area (Å²) >= 11 is 0. The Bertz CT molecular complexity index is 1610. The molecule has 5 rings (SSSR count). The van der Waals surface area contributed by atoms with Crippen LogP contribution in [0.15, 0.2) is 48.8 Å². The van der Waals surface area contributed by atoms with Crippen molar-refractivity contribution >= 4 is 23.8 Å². The first-order valence-electron chi connectivity index (χ1n) is 17.1. The predicted octanol–water partition coefficient (Wildman–Crippen LogP) is 4.26. The maximum Gasteiger partial charge on any atom is 0.341 e. The molecule has 2 fully saturated rings. The van der Waals surface area contributed by atoms with Crippen LogP contribution >= 0.6 is 0 Å². The number of aliphatic carboxylic acids is 1. The highest BCUT2D eigenvalue weighted by Gasteiger charge is 2.41. The van der Waals surface area contributed by atoms with Crippen molar-refractivity contribution in [1.82, 2.24) is 25.4 Å². The van der Waals surface area contributed by atoms with Gasteiger partial charge in [0, 0.05) is 6.54 Å². The lowest BCUT2D eigenvalue weighted by Gasteiger charge is -2.39. The van der Waals surface area contributed by atoms with E-state index in [1.807, 2.05) is 18.2 Å². The van der Waals surface area contributed by atoms with E-state index in [-0.39, 0.29) is 17.6 Å². The number of carboxylic acids is 1. The van der Waals surface area contributed by atoms with Crippen LogP contribution in [0, 0.1) is 5.92 Å². The molecule has 14 heteroatoms. The van der Waals surface area contributed by atoms with Gasteiger partial charge in [0.15, 0.2) is 18.1 Å². The van der Waals surface area contributed by atoms with Gasteiger partial charge in [0.05, 0.1) is 14.2 Å². The summed E-state index contributed by atoms with van der Waals surface area (Å²) in [5.74, 6) is -1.07. The number of carbonyl (C=O) groups is 4. The Hall–Kier alpha value is -5.14. The number of hydrogen-bond donors (Lipinski definition) is 3. The molecule has 2 aliphatic rings. The molecule has 1 saturated carbocycles. The second-order valence-electron chi connectivity index (χ2n) is 12.6. The van der Waals surface area contributed by atoms with Crippen molar-refractivity contribution in [3.05, 3.63) is 65.7 Å². The summed E-state index contributed by atoms with van der Waals surface area (Å²) in [5.41, 5.74) is 1.55. The third-order valence-corrected chi connectivity index (χ3v) is 9.36. The number of rotatable bonds is 15. The number of benzene rings is 2. The molecule has 1 aliphatic heterocycles. The van der Waals surface area contributed by atoms with E-state index in [1.165, 1.54) is 6.33 Å². The van der Waals surface area contributed by atoms with Gasteiger partial charge in [-0.2, -0.15) is 5.10 Å². The topological polar surface area (TPSA) is 182 Å². The van der Waals surface area contributed by atoms with Gasteiger partial charge in [-0.25, -0.2) is 14.6 Å². The first-order valence-corrected chi connectivity index (χ1v) is 17.1. The van der Waals surface area contributed by atoms with Crippen molar-refractivity contribution < 1.29 is 43.2 Å². The second kappa shape index (κ2) is 17.5. The van der Waals surface area contributed by atoms with E-state index in [4.69, 9.17) is 24.1 Å². The molecule has 3 aromatic rings. The maximum absolute atomic E-state index is 14.3. The molecule has 3 N–H and O–H groups in total. The summed E-state index contributed by atoms with van der Waals surface area (Å²) in [6, 6.07) is 10.7. The van der Waals surface area contributed by atoms with Gasteiger partial charge in [-0.05, 0) is 86.3 Å². The van der Waals surface area contributed by atoms with Crippen LogP contribution in [0.4, 0.5) is 0 Å². The number of nitrogens with zero attached hydrogens (tertiary/aromatic N) is 3. The molecule has 2 amide bonds. The average molecular weight is 692 g/mol. The van der Waals surface area contributed by atoms with E-state index in [2.05, 4.69) is 20.5 Å². The number of carbonyl (C=O) groups excluding carboxylic acids is 3. The number of likely N-dealkylation sites (tertiary alicyclic amines) is 1. The van der Waals surface area contributed by atoms with E-state index in [0.29, 0.717) is 55.0 Å². The number of aryl methyl sites for hydroxylation is 1. The SMILES string of the molecule is COc1ccc(CCC(OC(=O)C2CCCCN2C(=O)C(NC(=O)c2ncn[nH]2)C2CCCCC2)c2cccc(OCC(=O)O)c2)cc1OC. The van der Waals surface area contributed by atoms with Crippen LogP contribution in [-0.2, 0) is 25.5 Å². The van der Waals surface area contributed by atoms with Crippen molar-refractivity contribution in [3.63, 3.8) is 0 Å². The van der Waals surface area contributed by atoms with Crippen LogP contribution in [-0.4, -0.2) is 88.4 Å². The van der Waals surface area contributed by atoms with Crippen LogP contribution in [0.5, 0.6) is 17.2 Å². The van der Waals surface area contributed by atoms with E-state index in [1.54, 1.807) is 43.4 Å². The zero-order valence-corrected chi connectivity index (χ0v) is 28.5. The lowest BCUT2D eigenvalue weighted by molar-refractivity contribution is -0.163. The van der Waals surface area contributed by atoms with Crippen LogP contribution in [0.3, 0.4) is 0 Å². The number of esters is 1. The Morgan fingerprint density at radius 2 is 1.76 bits per heavy atom. The highest BCUT2D eigenvalue weighted by atomic mass is 16.5. The summed E-state index contributed by atoms with van der Waals surface area (Å²) in [5, 5.41) is 18.3. The molecule has 268 valence electrons. The fraction of sp³-hybridized carbons (Fsp3) is 0.500. The minimum Gasteiger partial charge on any atom is -0.493 e. The van der Waals surface area contributed by atoms with Crippen LogP contribution in [0.25, 0.3) is 0 Å². The van der Waals surface area contributed by atoms with Gasteiger partial charge >= 0.3 is 11.9 Å². The predicted molar refractivity (Wildman–Crippen MR) is 180 cm³/mol. The maximum atomic E-state index is 14.3. The highest BCUT2D eigenvalue weighted by Crippen LogP contribution is 2.33. The number of piperidine rings is 1. The van der Waals surface area contributed by atoms with Gasteiger partial charge in [0.25, 0.3) is 5.91 Å². The van der Waals surface area contributed by atoms with Crippen molar-refractivity contribution in [2.24, 2.45) is 5.92 Å². The summed E-state index contributed by atoms with van der Waals surface area (Å²) < 4.78 is 22.5. The van der Waals surface area contributed by atoms with Gasteiger partial charge in [-0.1, -0.05) is 37.5 Å². The molecule has 3 atom stereocenters.